The lowest BCUT2D eigenvalue weighted by Gasteiger charge is -2.12. The van der Waals surface area contributed by atoms with Crippen molar-refractivity contribution in [2.75, 3.05) is 27.2 Å². The van der Waals surface area contributed by atoms with E-state index >= 15 is 0 Å². The van der Waals surface area contributed by atoms with Crippen LogP contribution in [0.2, 0.25) is 0 Å². The van der Waals surface area contributed by atoms with E-state index in [1.54, 1.807) is 0 Å². The number of aromatic nitrogens is 2. The van der Waals surface area contributed by atoms with Crippen molar-refractivity contribution < 1.29 is 0 Å². The van der Waals surface area contributed by atoms with Crippen molar-refractivity contribution in [2.24, 2.45) is 4.99 Å². The molecule has 0 saturated carbocycles. The number of guanidine groups is 1. The monoisotopic (exact) mass is 498 g/mol. The van der Waals surface area contributed by atoms with E-state index in [9.17, 15) is 0 Å². The summed E-state index contributed by atoms with van der Waals surface area (Å²) in [7, 11) is 4.17. The van der Waals surface area contributed by atoms with Crippen LogP contribution in [0, 0.1) is 13.8 Å². The van der Waals surface area contributed by atoms with Crippen LogP contribution in [0.4, 0.5) is 0 Å². The maximum atomic E-state index is 4.70. The largest absolute Gasteiger partial charge is 0.357 e. The fraction of sp³-hybridized carbons (Fsp3) is 0.524. The summed E-state index contributed by atoms with van der Waals surface area (Å²) in [6, 6.07) is 10.8. The molecule has 0 amide bonds. The number of hydrogen-bond donors (Lipinski definition) is 2. The Morgan fingerprint density at radius 3 is 2.36 bits per heavy atom. The second kappa shape index (κ2) is 12.8. The average Bonchev–Trinajstić information content (AvgIpc) is 2.94. The number of halogens is 1. The van der Waals surface area contributed by atoms with Gasteiger partial charge in [-0.05, 0) is 58.5 Å². The molecule has 7 heteroatoms. The van der Waals surface area contributed by atoms with Gasteiger partial charge in [-0.15, -0.1) is 24.0 Å². The van der Waals surface area contributed by atoms with Crippen LogP contribution in [0.25, 0.3) is 0 Å². The Morgan fingerprint density at radius 2 is 1.79 bits per heavy atom. The number of benzene rings is 1. The normalized spacial score (nSPS) is 11.4. The Labute approximate surface area is 186 Å². The fourth-order valence-electron chi connectivity index (χ4n) is 2.96. The molecule has 0 aliphatic carbocycles. The van der Waals surface area contributed by atoms with Gasteiger partial charge in [-0.25, -0.2) is 4.99 Å². The molecule has 1 aromatic heterocycles. The molecule has 0 atom stereocenters. The third-order valence-corrected chi connectivity index (χ3v) is 4.23. The quantitative estimate of drug-likeness (QED) is 0.241. The molecule has 1 heterocycles. The van der Waals surface area contributed by atoms with Crippen molar-refractivity contribution in [3.8, 4) is 0 Å². The van der Waals surface area contributed by atoms with Gasteiger partial charge in [-0.3, -0.25) is 4.68 Å². The van der Waals surface area contributed by atoms with Gasteiger partial charge in [0, 0.05) is 31.9 Å². The number of aryl methyl sites for hydroxylation is 3. The minimum Gasteiger partial charge on any atom is -0.357 e. The highest BCUT2D eigenvalue weighted by atomic mass is 127. The molecular formula is C21H35IN6. The topological polar surface area (TPSA) is 57.5 Å². The molecule has 0 fully saturated rings. The second-order valence-corrected chi connectivity index (χ2v) is 7.18. The summed E-state index contributed by atoms with van der Waals surface area (Å²) in [5.41, 5.74) is 4.83. The van der Waals surface area contributed by atoms with E-state index in [1.165, 1.54) is 16.8 Å². The highest BCUT2D eigenvalue weighted by Gasteiger charge is 2.02. The zero-order valence-corrected chi connectivity index (χ0v) is 20.2. The van der Waals surface area contributed by atoms with Crippen LogP contribution < -0.4 is 10.6 Å². The van der Waals surface area contributed by atoms with Crippen LogP contribution in [-0.2, 0) is 19.6 Å². The molecule has 156 valence electrons. The number of hydrogen-bond acceptors (Lipinski definition) is 3. The fourth-order valence-corrected chi connectivity index (χ4v) is 2.96. The van der Waals surface area contributed by atoms with Crippen LogP contribution in [0.15, 0.2) is 35.3 Å². The standard InChI is InChI=1S/C21H34N6.HI/c1-6-22-21(23-12-7-13-27-18(3)14-17(2)25-27)24-15-19-8-10-20(11-9-19)16-26(4)5;/h8-11,14H,6-7,12-13,15-16H2,1-5H3,(H2,22,23,24);1H. The molecular weight excluding hydrogens is 463 g/mol. The molecule has 28 heavy (non-hydrogen) atoms. The van der Waals surface area contributed by atoms with Gasteiger partial charge in [-0.2, -0.15) is 5.10 Å². The lowest BCUT2D eigenvalue weighted by Crippen LogP contribution is -2.38. The Balaban J connectivity index is 0.00000392. The molecule has 1 aromatic carbocycles. The lowest BCUT2D eigenvalue weighted by atomic mass is 10.1. The summed E-state index contributed by atoms with van der Waals surface area (Å²) >= 11 is 0. The predicted octanol–water partition coefficient (Wildman–Crippen LogP) is 3.32. The zero-order chi connectivity index (χ0) is 19.6. The summed E-state index contributed by atoms with van der Waals surface area (Å²) < 4.78 is 2.07. The molecule has 0 aliphatic rings. The molecule has 0 spiro atoms. The molecule has 2 rings (SSSR count). The number of nitrogens with one attached hydrogen (secondary N) is 2. The first-order valence-electron chi connectivity index (χ1n) is 9.73. The van der Waals surface area contributed by atoms with Crippen LogP contribution in [-0.4, -0.2) is 47.8 Å². The van der Waals surface area contributed by atoms with Crippen LogP contribution in [0.5, 0.6) is 0 Å². The lowest BCUT2D eigenvalue weighted by molar-refractivity contribution is 0.402. The van der Waals surface area contributed by atoms with E-state index in [-0.39, 0.29) is 24.0 Å². The zero-order valence-electron chi connectivity index (χ0n) is 17.8. The average molecular weight is 498 g/mol. The van der Waals surface area contributed by atoms with Crippen molar-refractivity contribution in [3.05, 3.63) is 52.8 Å². The van der Waals surface area contributed by atoms with Crippen molar-refractivity contribution in [1.82, 2.24) is 25.3 Å². The summed E-state index contributed by atoms with van der Waals surface area (Å²) in [4.78, 5) is 6.88. The third-order valence-electron chi connectivity index (χ3n) is 4.23. The number of aliphatic imine (C=N–C) groups is 1. The van der Waals surface area contributed by atoms with E-state index in [4.69, 9.17) is 4.99 Å². The van der Waals surface area contributed by atoms with Gasteiger partial charge < -0.3 is 15.5 Å². The van der Waals surface area contributed by atoms with Gasteiger partial charge >= 0.3 is 0 Å². The Kier molecular flexibility index (Phi) is 11.1. The maximum absolute atomic E-state index is 4.70. The molecule has 6 nitrogen and oxygen atoms in total. The Morgan fingerprint density at radius 1 is 1.11 bits per heavy atom. The molecule has 0 aliphatic heterocycles. The SMILES string of the molecule is CCNC(=NCc1ccc(CN(C)C)cc1)NCCCn1nc(C)cc1C.I. The first-order chi connectivity index (χ1) is 13.0. The molecule has 0 bridgehead atoms. The highest BCUT2D eigenvalue weighted by molar-refractivity contribution is 14.0. The molecule has 2 aromatic rings. The van der Waals surface area contributed by atoms with E-state index in [0.717, 1.165) is 44.3 Å². The minimum atomic E-state index is 0. The Bertz CT molecular complexity index is 721. The highest BCUT2D eigenvalue weighted by Crippen LogP contribution is 2.07. The van der Waals surface area contributed by atoms with E-state index < -0.39 is 0 Å². The first-order valence-corrected chi connectivity index (χ1v) is 9.73. The van der Waals surface area contributed by atoms with Crippen molar-refractivity contribution in [3.63, 3.8) is 0 Å². The number of rotatable bonds is 9. The van der Waals surface area contributed by atoms with E-state index in [2.05, 4.69) is 83.6 Å². The van der Waals surface area contributed by atoms with Gasteiger partial charge in [0.2, 0.25) is 0 Å². The Hall–Kier alpha value is -1.61. The van der Waals surface area contributed by atoms with Crippen molar-refractivity contribution >= 4 is 29.9 Å². The van der Waals surface area contributed by atoms with Crippen molar-refractivity contribution in [2.45, 2.75) is 46.8 Å². The van der Waals surface area contributed by atoms with Gasteiger partial charge in [-0.1, -0.05) is 24.3 Å². The first kappa shape index (κ1) is 24.4. The van der Waals surface area contributed by atoms with Gasteiger partial charge in [0.15, 0.2) is 5.96 Å². The molecule has 0 radical (unpaired) electrons. The minimum absolute atomic E-state index is 0. The van der Waals surface area contributed by atoms with Crippen LogP contribution >= 0.6 is 24.0 Å². The van der Waals surface area contributed by atoms with E-state index in [0.29, 0.717) is 6.54 Å². The van der Waals surface area contributed by atoms with Gasteiger partial charge in [0.1, 0.15) is 0 Å². The molecule has 0 unspecified atom stereocenters. The molecule has 0 saturated heterocycles. The summed E-state index contributed by atoms with van der Waals surface area (Å²) in [5, 5.41) is 11.2. The second-order valence-electron chi connectivity index (χ2n) is 7.18. The van der Waals surface area contributed by atoms with E-state index in [1.807, 2.05) is 6.92 Å². The number of nitrogens with zero attached hydrogens (tertiary/aromatic N) is 4. The van der Waals surface area contributed by atoms with Gasteiger partial charge in [0.05, 0.1) is 12.2 Å². The summed E-state index contributed by atoms with van der Waals surface area (Å²) in [6.45, 7) is 10.5. The van der Waals surface area contributed by atoms with Gasteiger partial charge in [0.25, 0.3) is 0 Å². The summed E-state index contributed by atoms with van der Waals surface area (Å²) in [5.74, 6) is 0.864. The summed E-state index contributed by atoms with van der Waals surface area (Å²) in [6.07, 6.45) is 1.01. The van der Waals surface area contributed by atoms with Crippen LogP contribution in [0.1, 0.15) is 35.9 Å². The predicted molar refractivity (Wildman–Crippen MR) is 128 cm³/mol. The third kappa shape index (κ3) is 8.60. The smallest absolute Gasteiger partial charge is 0.191 e. The molecule has 2 N–H and O–H groups in total. The van der Waals surface area contributed by atoms with Crippen LogP contribution in [0.3, 0.4) is 0 Å². The maximum Gasteiger partial charge on any atom is 0.191 e. The van der Waals surface area contributed by atoms with Crippen molar-refractivity contribution in [1.29, 1.82) is 0 Å².